The van der Waals surface area contributed by atoms with E-state index in [4.69, 9.17) is 5.73 Å². The summed E-state index contributed by atoms with van der Waals surface area (Å²) in [6, 6.07) is 6.17. The highest BCUT2D eigenvalue weighted by Gasteiger charge is 2.31. The Balaban J connectivity index is 1.79. The number of carbonyl (C=O) groups is 1. The van der Waals surface area contributed by atoms with Crippen molar-refractivity contribution < 1.29 is 22.7 Å². The van der Waals surface area contributed by atoms with Crippen molar-refractivity contribution in [3.8, 4) is 5.75 Å². The molecule has 24 heavy (non-hydrogen) atoms. The number of thiophene rings is 1. The van der Waals surface area contributed by atoms with Gasteiger partial charge in [0.05, 0.1) is 12.1 Å². The van der Waals surface area contributed by atoms with E-state index in [2.05, 4.69) is 9.64 Å². The topological polar surface area (TPSA) is 55.6 Å². The van der Waals surface area contributed by atoms with E-state index in [1.807, 2.05) is 0 Å². The lowest BCUT2D eigenvalue weighted by Gasteiger charge is -2.31. The number of fused-ring (bicyclic) bond motifs is 1. The number of aryl methyl sites for hydroxylation is 1. The predicted molar refractivity (Wildman–Crippen MR) is 85.3 cm³/mol. The maximum atomic E-state index is 12.3. The van der Waals surface area contributed by atoms with Crippen LogP contribution in [0.1, 0.15) is 27.2 Å². The second kappa shape index (κ2) is 6.35. The monoisotopic (exact) mass is 356 g/mol. The summed E-state index contributed by atoms with van der Waals surface area (Å²) in [7, 11) is 0. The van der Waals surface area contributed by atoms with Gasteiger partial charge in [0.1, 0.15) is 5.75 Å². The highest BCUT2D eigenvalue weighted by Crippen LogP contribution is 2.34. The van der Waals surface area contributed by atoms with Crippen LogP contribution in [0.3, 0.4) is 0 Å². The molecule has 1 aliphatic rings. The first-order valence-electron chi connectivity index (χ1n) is 7.33. The average molecular weight is 356 g/mol. The van der Waals surface area contributed by atoms with E-state index in [1.165, 1.54) is 23.5 Å². The number of alkyl halides is 3. The van der Waals surface area contributed by atoms with Crippen LogP contribution in [0.5, 0.6) is 5.75 Å². The van der Waals surface area contributed by atoms with Gasteiger partial charge in [0, 0.05) is 22.5 Å². The molecule has 1 aliphatic heterocycles. The first-order chi connectivity index (χ1) is 11.3. The standard InChI is InChI=1S/C16H15F3N2O2S/c17-16(18,19)23-12-3-4-14-10(6-12)2-1-5-21(14)8-13-7-11(9-24-13)15(20)22/h3-4,6-7,9H,1-2,5,8H2,(H2,20,22). The molecule has 0 atom stereocenters. The van der Waals surface area contributed by atoms with Crippen LogP contribution < -0.4 is 15.4 Å². The summed E-state index contributed by atoms with van der Waals surface area (Å²) in [5.41, 5.74) is 7.45. The third-order valence-corrected chi connectivity index (χ3v) is 4.71. The lowest BCUT2D eigenvalue weighted by molar-refractivity contribution is -0.274. The largest absolute Gasteiger partial charge is 0.573 e. The zero-order valence-electron chi connectivity index (χ0n) is 12.6. The zero-order valence-corrected chi connectivity index (χ0v) is 13.4. The summed E-state index contributed by atoms with van der Waals surface area (Å²) >= 11 is 1.44. The number of anilines is 1. The maximum absolute atomic E-state index is 12.3. The van der Waals surface area contributed by atoms with Gasteiger partial charge in [0.2, 0.25) is 5.91 Å². The van der Waals surface area contributed by atoms with Gasteiger partial charge in [-0.15, -0.1) is 24.5 Å². The van der Waals surface area contributed by atoms with Gasteiger partial charge < -0.3 is 15.4 Å². The molecule has 1 aromatic heterocycles. The number of hydrogen-bond donors (Lipinski definition) is 1. The number of rotatable bonds is 4. The number of carbonyl (C=O) groups excluding carboxylic acids is 1. The Morgan fingerprint density at radius 1 is 1.33 bits per heavy atom. The number of benzene rings is 1. The van der Waals surface area contributed by atoms with Gasteiger partial charge in [0.15, 0.2) is 0 Å². The SMILES string of the molecule is NC(=O)c1csc(CN2CCCc3cc(OC(F)(F)F)ccc32)c1. The van der Waals surface area contributed by atoms with Crippen molar-refractivity contribution in [1.82, 2.24) is 0 Å². The average Bonchev–Trinajstić information content (AvgIpc) is 2.94. The molecule has 0 spiro atoms. The maximum Gasteiger partial charge on any atom is 0.573 e. The fraction of sp³-hybridized carbons (Fsp3) is 0.312. The minimum absolute atomic E-state index is 0.199. The molecule has 128 valence electrons. The Hall–Kier alpha value is -2.22. The lowest BCUT2D eigenvalue weighted by Crippen LogP contribution is -2.28. The van der Waals surface area contributed by atoms with E-state index in [0.29, 0.717) is 18.5 Å². The highest BCUT2D eigenvalue weighted by atomic mass is 32.1. The predicted octanol–water partition coefficient (Wildman–Crippen LogP) is 3.70. The van der Waals surface area contributed by atoms with Gasteiger partial charge in [-0.2, -0.15) is 0 Å². The zero-order chi connectivity index (χ0) is 17.3. The number of primary amides is 1. The van der Waals surface area contributed by atoms with Crippen molar-refractivity contribution in [1.29, 1.82) is 0 Å². The van der Waals surface area contributed by atoms with Crippen molar-refractivity contribution in [2.45, 2.75) is 25.7 Å². The van der Waals surface area contributed by atoms with Crippen molar-refractivity contribution in [3.63, 3.8) is 0 Å². The van der Waals surface area contributed by atoms with Crippen LogP contribution in [0.25, 0.3) is 0 Å². The minimum atomic E-state index is -4.69. The van der Waals surface area contributed by atoms with Crippen LogP contribution in [0.4, 0.5) is 18.9 Å². The Kier molecular flexibility index (Phi) is 4.40. The summed E-state index contributed by atoms with van der Waals surface area (Å²) in [6.07, 6.45) is -3.14. The van der Waals surface area contributed by atoms with E-state index in [0.717, 1.165) is 29.1 Å². The molecule has 2 aromatic rings. The summed E-state index contributed by atoms with van der Waals surface area (Å²) in [6.45, 7) is 1.39. The molecule has 3 rings (SSSR count). The number of amides is 1. The number of nitrogens with two attached hydrogens (primary N) is 1. The number of hydrogen-bond acceptors (Lipinski definition) is 4. The first kappa shape index (κ1) is 16.6. The first-order valence-corrected chi connectivity index (χ1v) is 8.20. The molecule has 2 heterocycles. The van der Waals surface area contributed by atoms with Crippen LogP contribution in [0.2, 0.25) is 0 Å². The van der Waals surface area contributed by atoms with Crippen LogP contribution in [0, 0.1) is 0 Å². The minimum Gasteiger partial charge on any atom is -0.406 e. The molecule has 0 aliphatic carbocycles. The summed E-state index contributed by atoms with van der Waals surface area (Å²) in [5, 5.41) is 1.71. The number of ether oxygens (including phenoxy) is 1. The normalized spacial score (nSPS) is 14.4. The van der Waals surface area contributed by atoms with E-state index in [-0.39, 0.29) is 5.75 Å². The Bertz CT molecular complexity index is 758. The third-order valence-electron chi connectivity index (χ3n) is 3.78. The molecule has 2 N–H and O–H groups in total. The molecule has 1 amide bonds. The molecule has 0 saturated carbocycles. The van der Waals surface area contributed by atoms with Crippen LogP contribution in [-0.2, 0) is 13.0 Å². The van der Waals surface area contributed by atoms with Crippen LogP contribution >= 0.6 is 11.3 Å². The Labute approximate surface area is 140 Å². The van der Waals surface area contributed by atoms with Gasteiger partial charge >= 0.3 is 6.36 Å². The van der Waals surface area contributed by atoms with Gasteiger partial charge in [-0.05, 0) is 42.7 Å². The Morgan fingerprint density at radius 3 is 2.79 bits per heavy atom. The van der Waals surface area contributed by atoms with E-state index >= 15 is 0 Å². The second-order valence-electron chi connectivity index (χ2n) is 5.53. The van der Waals surface area contributed by atoms with Gasteiger partial charge in [-0.3, -0.25) is 4.79 Å². The second-order valence-corrected chi connectivity index (χ2v) is 6.53. The van der Waals surface area contributed by atoms with Crippen molar-refractivity contribution in [3.05, 3.63) is 45.6 Å². The molecule has 0 bridgehead atoms. The van der Waals surface area contributed by atoms with Crippen molar-refractivity contribution in [2.75, 3.05) is 11.4 Å². The molecule has 4 nitrogen and oxygen atoms in total. The molecule has 0 fully saturated rings. The molecule has 0 radical (unpaired) electrons. The summed E-state index contributed by atoms with van der Waals surface area (Å²) in [5.74, 6) is -0.666. The van der Waals surface area contributed by atoms with Gasteiger partial charge in [-0.25, -0.2) is 0 Å². The quantitative estimate of drug-likeness (QED) is 0.909. The van der Waals surface area contributed by atoms with Crippen molar-refractivity contribution in [2.24, 2.45) is 5.73 Å². The molecule has 0 unspecified atom stereocenters. The van der Waals surface area contributed by atoms with Crippen molar-refractivity contribution >= 4 is 22.9 Å². The highest BCUT2D eigenvalue weighted by molar-refractivity contribution is 7.10. The van der Waals surface area contributed by atoms with E-state index < -0.39 is 12.3 Å². The smallest absolute Gasteiger partial charge is 0.406 e. The molecular weight excluding hydrogens is 341 g/mol. The van der Waals surface area contributed by atoms with E-state index in [1.54, 1.807) is 17.5 Å². The van der Waals surface area contributed by atoms with Gasteiger partial charge in [-0.1, -0.05) is 0 Å². The third kappa shape index (κ3) is 3.81. The van der Waals surface area contributed by atoms with Crippen LogP contribution in [-0.4, -0.2) is 18.8 Å². The fourth-order valence-electron chi connectivity index (χ4n) is 2.79. The number of halogens is 3. The molecule has 0 saturated heterocycles. The summed E-state index contributed by atoms with van der Waals surface area (Å²) in [4.78, 5) is 14.2. The lowest BCUT2D eigenvalue weighted by atomic mass is 10.0. The van der Waals surface area contributed by atoms with E-state index in [9.17, 15) is 18.0 Å². The Morgan fingerprint density at radius 2 is 2.12 bits per heavy atom. The molecular formula is C16H15F3N2O2S. The number of nitrogens with zero attached hydrogens (tertiary/aromatic N) is 1. The summed E-state index contributed by atoms with van der Waals surface area (Å²) < 4.78 is 41.0. The van der Waals surface area contributed by atoms with Crippen LogP contribution in [0.15, 0.2) is 29.6 Å². The van der Waals surface area contributed by atoms with Gasteiger partial charge in [0.25, 0.3) is 0 Å². The fourth-order valence-corrected chi connectivity index (χ4v) is 3.68. The molecule has 1 aromatic carbocycles. The molecule has 8 heteroatoms.